The Morgan fingerprint density at radius 1 is 1.44 bits per heavy atom. The SMILES string of the molecule is CC1(CNC(=O)C(C#N)c2ccccc2)CCC1. The number of benzene rings is 1. The Balaban J connectivity index is 1.96. The molecule has 0 bridgehead atoms. The predicted octanol–water partition coefficient (Wildman–Crippen LogP) is 2.60. The summed E-state index contributed by atoms with van der Waals surface area (Å²) in [4.78, 5) is 12.0. The number of carbonyl (C=O) groups is 1. The molecule has 1 aliphatic rings. The number of hydrogen-bond donors (Lipinski definition) is 1. The summed E-state index contributed by atoms with van der Waals surface area (Å²) in [5, 5.41) is 12.1. The Morgan fingerprint density at radius 3 is 2.61 bits per heavy atom. The molecule has 94 valence electrons. The lowest BCUT2D eigenvalue weighted by atomic mass is 9.70. The van der Waals surface area contributed by atoms with E-state index in [1.54, 1.807) is 0 Å². The van der Waals surface area contributed by atoms with Crippen LogP contribution in [0, 0.1) is 16.7 Å². The monoisotopic (exact) mass is 242 g/mol. The van der Waals surface area contributed by atoms with Crippen molar-refractivity contribution in [2.75, 3.05) is 6.54 Å². The van der Waals surface area contributed by atoms with Crippen LogP contribution in [0.15, 0.2) is 30.3 Å². The molecule has 0 saturated heterocycles. The van der Waals surface area contributed by atoms with Gasteiger partial charge in [-0.05, 0) is 23.8 Å². The molecule has 0 radical (unpaired) electrons. The van der Waals surface area contributed by atoms with Gasteiger partial charge in [0.15, 0.2) is 0 Å². The first-order valence-electron chi connectivity index (χ1n) is 6.37. The van der Waals surface area contributed by atoms with Crippen molar-refractivity contribution in [3.63, 3.8) is 0 Å². The minimum absolute atomic E-state index is 0.183. The van der Waals surface area contributed by atoms with Crippen molar-refractivity contribution in [1.82, 2.24) is 5.32 Å². The molecule has 0 spiro atoms. The summed E-state index contributed by atoms with van der Waals surface area (Å²) in [7, 11) is 0. The summed E-state index contributed by atoms with van der Waals surface area (Å²) >= 11 is 0. The molecule has 3 nitrogen and oxygen atoms in total. The van der Waals surface area contributed by atoms with E-state index in [0.717, 1.165) is 18.4 Å². The molecule has 2 rings (SSSR count). The highest BCUT2D eigenvalue weighted by Crippen LogP contribution is 2.39. The first kappa shape index (κ1) is 12.6. The number of carbonyl (C=O) groups excluding carboxylic acids is 1. The van der Waals surface area contributed by atoms with Crippen molar-refractivity contribution >= 4 is 5.91 Å². The van der Waals surface area contributed by atoms with Crippen LogP contribution in [0.3, 0.4) is 0 Å². The standard InChI is InChI=1S/C15H18N2O/c1-15(8-5-9-15)11-17-14(18)13(10-16)12-6-3-2-4-7-12/h2-4,6-7,13H,5,8-9,11H2,1H3,(H,17,18). The van der Waals surface area contributed by atoms with Gasteiger partial charge in [0.1, 0.15) is 5.92 Å². The number of nitriles is 1. The van der Waals surface area contributed by atoms with E-state index >= 15 is 0 Å². The Hall–Kier alpha value is -1.82. The van der Waals surface area contributed by atoms with Crippen LogP contribution in [-0.4, -0.2) is 12.5 Å². The van der Waals surface area contributed by atoms with Gasteiger partial charge in [-0.3, -0.25) is 4.79 Å². The predicted molar refractivity (Wildman–Crippen MR) is 69.8 cm³/mol. The maximum absolute atomic E-state index is 12.0. The van der Waals surface area contributed by atoms with Crippen molar-refractivity contribution in [2.45, 2.75) is 32.1 Å². The van der Waals surface area contributed by atoms with E-state index in [1.165, 1.54) is 6.42 Å². The quantitative estimate of drug-likeness (QED) is 0.882. The summed E-state index contributed by atoms with van der Waals surface area (Å²) in [6.07, 6.45) is 3.57. The zero-order chi connectivity index (χ0) is 13.0. The van der Waals surface area contributed by atoms with Gasteiger partial charge in [0.05, 0.1) is 6.07 Å². The molecular formula is C15H18N2O. The summed E-state index contributed by atoms with van der Waals surface area (Å²) in [5.41, 5.74) is 1.00. The van der Waals surface area contributed by atoms with Gasteiger partial charge < -0.3 is 5.32 Å². The second kappa shape index (κ2) is 5.22. The zero-order valence-corrected chi connectivity index (χ0v) is 10.6. The molecule has 3 heteroatoms. The average Bonchev–Trinajstić information content (AvgIpc) is 2.36. The zero-order valence-electron chi connectivity index (χ0n) is 10.6. The van der Waals surface area contributed by atoms with Crippen molar-refractivity contribution in [1.29, 1.82) is 5.26 Å². The van der Waals surface area contributed by atoms with Gasteiger partial charge in [-0.15, -0.1) is 0 Å². The smallest absolute Gasteiger partial charge is 0.241 e. The van der Waals surface area contributed by atoms with E-state index in [4.69, 9.17) is 5.26 Å². The van der Waals surface area contributed by atoms with E-state index in [2.05, 4.69) is 18.3 Å². The number of nitrogens with zero attached hydrogens (tertiary/aromatic N) is 1. The molecule has 1 saturated carbocycles. The molecule has 18 heavy (non-hydrogen) atoms. The van der Waals surface area contributed by atoms with Gasteiger partial charge >= 0.3 is 0 Å². The highest BCUT2D eigenvalue weighted by Gasteiger charge is 2.32. The molecule has 1 N–H and O–H groups in total. The van der Waals surface area contributed by atoms with E-state index in [0.29, 0.717) is 6.54 Å². The van der Waals surface area contributed by atoms with Gasteiger partial charge in [-0.1, -0.05) is 43.7 Å². The van der Waals surface area contributed by atoms with Crippen molar-refractivity contribution in [2.24, 2.45) is 5.41 Å². The fourth-order valence-electron chi connectivity index (χ4n) is 2.29. The molecule has 1 atom stereocenters. The molecule has 0 aliphatic heterocycles. The van der Waals surface area contributed by atoms with Gasteiger partial charge in [-0.2, -0.15) is 5.26 Å². The molecule has 1 aliphatic carbocycles. The van der Waals surface area contributed by atoms with E-state index in [1.807, 2.05) is 30.3 Å². The van der Waals surface area contributed by atoms with Crippen LogP contribution < -0.4 is 5.32 Å². The molecule has 1 fully saturated rings. The lowest BCUT2D eigenvalue weighted by Gasteiger charge is -2.38. The Labute approximate surface area is 108 Å². The highest BCUT2D eigenvalue weighted by atomic mass is 16.1. The van der Waals surface area contributed by atoms with Crippen LogP contribution in [0.2, 0.25) is 0 Å². The normalized spacial score (nSPS) is 18.2. The average molecular weight is 242 g/mol. The summed E-state index contributed by atoms with van der Waals surface area (Å²) < 4.78 is 0. The van der Waals surface area contributed by atoms with E-state index in [-0.39, 0.29) is 11.3 Å². The van der Waals surface area contributed by atoms with Crippen molar-refractivity contribution < 1.29 is 4.79 Å². The molecular weight excluding hydrogens is 224 g/mol. The maximum atomic E-state index is 12.0. The lowest BCUT2D eigenvalue weighted by molar-refractivity contribution is -0.122. The van der Waals surface area contributed by atoms with Gasteiger partial charge in [0, 0.05) is 6.54 Å². The fraction of sp³-hybridized carbons (Fsp3) is 0.467. The molecule has 1 unspecified atom stereocenters. The minimum atomic E-state index is -0.699. The van der Waals surface area contributed by atoms with Crippen molar-refractivity contribution in [3.8, 4) is 6.07 Å². The minimum Gasteiger partial charge on any atom is -0.354 e. The number of rotatable bonds is 4. The largest absolute Gasteiger partial charge is 0.354 e. The van der Waals surface area contributed by atoms with Crippen LogP contribution in [-0.2, 0) is 4.79 Å². The third-order valence-electron chi connectivity index (χ3n) is 3.77. The topological polar surface area (TPSA) is 52.9 Å². The van der Waals surface area contributed by atoms with Crippen LogP contribution in [0.4, 0.5) is 0 Å². The molecule has 1 aromatic rings. The Kier molecular flexibility index (Phi) is 3.66. The number of hydrogen-bond acceptors (Lipinski definition) is 2. The maximum Gasteiger partial charge on any atom is 0.241 e. The molecule has 0 heterocycles. The van der Waals surface area contributed by atoms with Crippen LogP contribution in [0.1, 0.15) is 37.7 Å². The summed E-state index contributed by atoms with van der Waals surface area (Å²) in [5.74, 6) is -0.883. The van der Waals surface area contributed by atoms with Gasteiger partial charge in [0.2, 0.25) is 5.91 Å². The molecule has 0 aromatic heterocycles. The van der Waals surface area contributed by atoms with Crippen LogP contribution >= 0.6 is 0 Å². The third-order valence-corrected chi connectivity index (χ3v) is 3.77. The summed E-state index contributed by atoms with van der Waals surface area (Å²) in [6.45, 7) is 2.86. The number of nitrogens with one attached hydrogen (secondary N) is 1. The molecule has 1 amide bonds. The van der Waals surface area contributed by atoms with Crippen LogP contribution in [0.5, 0.6) is 0 Å². The van der Waals surface area contributed by atoms with Gasteiger partial charge in [-0.25, -0.2) is 0 Å². The fourth-order valence-corrected chi connectivity index (χ4v) is 2.29. The first-order chi connectivity index (χ1) is 8.64. The Morgan fingerprint density at radius 2 is 2.11 bits per heavy atom. The van der Waals surface area contributed by atoms with Gasteiger partial charge in [0.25, 0.3) is 0 Å². The summed E-state index contributed by atoms with van der Waals surface area (Å²) in [6, 6.07) is 11.3. The van der Waals surface area contributed by atoms with Crippen LogP contribution in [0.25, 0.3) is 0 Å². The Bertz CT molecular complexity index is 457. The second-order valence-electron chi connectivity index (χ2n) is 5.35. The highest BCUT2D eigenvalue weighted by molar-refractivity contribution is 5.86. The van der Waals surface area contributed by atoms with E-state index < -0.39 is 5.92 Å². The number of amides is 1. The third kappa shape index (κ3) is 2.70. The lowest BCUT2D eigenvalue weighted by Crippen LogP contribution is -2.41. The van der Waals surface area contributed by atoms with E-state index in [9.17, 15) is 4.79 Å². The molecule has 1 aromatic carbocycles. The first-order valence-corrected chi connectivity index (χ1v) is 6.37. The van der Waals surface area contributed by atoms with Crippen molar-refractivity contribution in [3.05, 3.63) is 35.9 Å². The second-order valence-corrected chi connectivity index (χ2v) is 5.35.